The number of hydrogen-bond acceptors (Lipinski definition) is 6. The zero-order valence-corrected chi connectivity index (χ0v) is 25.1. The van der Waals surface area contributed by atoms with Gasteiger partial charge >= 0.3 is 18.3 Å². The molecule has 2 aromatic heterocycles. The Hall–Kier alpha value is -5.25. The zero-order valence-electron chi connectivity index (χ0n) is 25.1. The van der Waals surface area contributed by atoms with E-state index in [9.17, 15) is 35.9 Å². The molecule has 0 saturated heterocycles. The zero-order chi connectivity index (χ0) is 34.5. The van der Waals surface area contributed by atoms with E-state index in [4.69, 9.17) is 4.52 Å². The number of hydrogen-bond donors (Lipinski definition) is 2. The van der Waals surface area contributed by atoms with Crippen LogP contribution in [0.15, 0.2) is 65.2 Å². The van der Waals surface area contributed by atoms with Crippen LogP contribution in [0.5, 0.6) is 0 Å². The van der Waals surface area contributed by atoms with Gasteiger partial charge in [0.1, 0.15) is 11.5 Å². The van der Waals surface area contributed by atoms with E-state index in [1.54, 1.807) is 17.4 Å². The molecule has 0 spiro atoms. The SMILES string of the molecule is CC(C)NCc1ccccc1-c1ccc(N2CCc3c(C(F)(F)F)nn(-c4ccc5onc(NC(=O)C(F)(F)F)c5c4)c3C2=O)c(F)c1. The number of carbonyl (C=O) groups excluding carboxylic acids is 2. The Morgan fingerprint density at radius 3 is 2.46 bits per heavy atom. The van der Waals surface area contributed by atoms with Gasteiger partial charge in [0.15, 0.2) is 17.1 Å². The minimum absolute atomic E-state index is 0.107. The van der Waals surface area contributed by atoms with E-state index in [1.807, 2.05) is 32.0 Å². The largest absolute Gasteiger partial charge is 0.471 e. The molecule has 0 aliphatic carbocycles. The van der Waals surface area contributed by atoms with Crippen LogP contribution in [0.3, 0.4) is 0 Å². The van der Waals surface area contributed by atoms with Crippen molar-refractivity contribution < 1.29 is 44.8 Å². The van der Waals surface area contributed by atoms with Crippen LogP contribution in [0.25, 0.3) is 27.8 Å². The summed E-state index contributed by atoms with van der Waals surface area (Å²) in [5.41, 5.74) is -0.547. The van der Waals surface area contributed by atoms with Crippen molar-refractivity contribution >= 4 is 34.3 Å². The summed E-state index contributed by atoms with van der Waals surface area (Å²) < 4.78 is 102. The molecule has 3 aromatic carbocycles. The standard InChI is InChI=1S/C32H25F7N6O3/c1-16(2)40-15-18-5-3-4-6-20(18)17-7-9-24(23(33)13-17)44-12-11-21-26(29(44)46)45(42-27(21)31(34,35)36)19-8-10-25-22(14-19)28(43-48-25)41-30(47)32(37,38)39/h3-10,13-14,16,40H,11-12,15H2,1-2H3,(H,41,43,47). The molecule has 0 saturated carbocycles. The van der Waals surface area contributed by atoms with Crippen molar-refractivity contribution in [2.45, 2.75) is 45.2 Å². The van der Waals surface area contributed by atoms with Crippen molar-refractivity contribution in [2.24, 2.45) is 0 Å². The lowest BCUT2D eigenvalue weighted by molar-refractivity contribution is -0.167. The first-order valence-electron chi connectivity index (χ1n) is 14.5. The summed E-state index contributed by atoms with van der Waals surface area (Å²) >= 11 is 0. The van der Waals surface area contributed by atoms with E-state index in [2.05, 4.69) is 15.6 Å². The number of carbonyl (C=O) groups is 2. The molecule has 2 N–H and O–H groups in total. The third-order valence-electron chi connectivity index (χ3n) is 7.74. The van der Waals surface area contributed by atoms with E-state index in [0.29, 0.717) is 16.8 Å². The maximum absolute atomic E-state index is 15.8. The van der Waals surface area contributed by atoms with Gasteiger partial charge in [0.2, 0.25) is 0 Å². The van der Waals surface area contributed by atoms with Crippen LogP contribution in [-0.4, -0.2) is 45.5 Å². The molecule has 0 fully saturated rings. The normalized spacial score (nSPS) is 13.8. The minimum atomic E-state index is -5.26. The lowest BCUT2D eigenvalue weighted by Gasteiger charge is -2.28. The Morgan fingerprint density at radius 2 is 1.77 bits per heavy atom. The van der Waals surface area contributed by atoms with Gasteiger partial charge in [-0.05, 0) is 53.4 Å². The molecule has 0 radical (unpaired) electrons. The van der Waals surface area contributed by atoms with E-state index in [1.165, 1.54) is 24.3 Å². The molecule has 0 unspecified atom stereocenters. The predicted octanol–water partition coefficient (Wildman–Crippen LogP) is 7.04. The van der Waals surface area contributed by atoms with Crippen molar-refractivity contribution in [3.63, 3.8) is 0 Å². The lowest BCUT2D eigenvalue weighted by Crippen LogP contribution is -2.39. The second kappa shape index (κ2) is 12.1. The summed E-state index contributed by atoms with van der Waals surface area (Å²) in [5.74, 6) is -4.77. The number of halogens is 7. The lowest BCUT2D eigenvalue weighted by atomic mass is 9.98. The highest BCUT2D eigenvalue weighted by molar-refractivity contribution is 6.08. The Kier molecular flexibility index (Phi) is 8.23. The van der Waals surface area contributed by atoms with Crippen LogP contribution in [0.1, 0.15) is 41.2 Å². The number of nitrogens with one attached hydrogen (secondary N) is 2. The summed E-state index contributed by atoms with van der Waals surface area (Å²) in [6.07, 6.45) is -10.6. The predicted molar refractivity (Wildman–Crippen MR) is 160 cm³/mol. The van der Waals surface area contributed by atoms with Crippen LogP contribution in [0.4, 0.5) is 42.2 Å². The Labute approximate surface area is 267 Å². The van der Waals surface area contributed by atoms with Crippen LogP contribution >= 0.6 is 0 Å². The van der Waals surface area contributed by atoms with Crippen molar-refractivity contribution in [1.29, 1.82) is 0 Å². The van der Waals surface area contributed by atoms with Crippen molar-refractivity contribution in [1.82, 2.24) is 20.3 Å². The Balaban J connectivity index is 1.39. The molecule has 9 nitrogen and oxygen atoms in total. The molecule has 0 bridgehead atoms. The molecule has 5 aromatic rings. The van der Waals surface area contributed by atoms with E-state index in [-0.39, 0.29) is 41.4 Å². The van der Waals surface area contributed by atoms with Crippen LogP contribution in [0, 0.1) is 5.82 Å². The van der Waals surface area contributed by atoms with E-state index in [0.717, 1.165) is 22.1 Å². The summed E-state index contributed by atoms with van der Waals surface area (Å²) in [6, 6.07) is 15.3. The quantitative estimate of drug-likeness (QED) is 0.180. The maximum atomic E-state index is 15.8. The average Bonchev–Trinajstić information content (AvgIpc) is 3.62. The molecule has 0 atom stereocenters. The third-order valence-corrected chi connectivity index (χ3v) is 7.74. The number of benzene rings is 3. The van der Waals surface area contributed by atoms with Gasteiger partial charge in [0.25, 0.3) is 5.91 Å². The number of rotatable bonds is 7. The first kappa shape index (κ1) is 32.7. The summed E-state index contributed by atoms with van der Waals surface area (Å²) in [6.45, 7) is 4.21. The van der Waals surface area contributed by atoms with Crippen molar-refractivity contribution in [3.05, 3.63) is 89.0 Å². The maximum Gasteiger partial charge on any atom is 0.471 e. The Morgan fingerprint density at radius 1 is 1.02 bits per heavy atom. The summed E-state index contributed by atoms with van der Waals surface area (Å²) in [4.78, 5) is 26.4. The number of amides is 2. The summed E-state index contributed by atoms with van der Waals surface area (Å²) in [7, 11) is 0. The van der Waals surface area contributed by atoms with E-state index >= 15 is 4.39 Å². The van der Waals surface area contributed by atoms with E-state index < -0.39 is 52.8 Å². The highest BCUT2D eigenvalue weighted by atomic mass is 19.4. The number of alkyl halides is 6. The molecule has 3 heterocycles. The fraction of sp³-hybridized carbons (Fsp3) is 0.250. The number of anilines is 2. The molecular weight excluding hydrogens is 649 g/mol. The van der Waals surface area contributed by atoms with Crippen LogP contribution in [0.2, 0.25) is 0 Å². The smallest absolute Gasteiger partial charge is 0.354 e. The first-order chi connectivity index (χ1) is 22.6. The summed E-state index contributed by atoms with van der Waals surface area (Å²) in [5, 5.41) is 11.7. The number of aromatic nitrogens is 3. The molecular formula is C32H25F7N6O3. The van der Waals surface area contributed by atoms with Crippen LogP contribution in [-0.2, 0) is 23.9 Å². The van der Waals surface area contributed by atoms with Gasteiger partial charge in [-0.15, -0.1) is 0 Å². The molecule has 6 rings (SSSR count). The molecule has 2 amide bonds. The van der Waals surface area contributed by atoms with Crippen LogP contribution < -0.4 is 15.5 Å². The highest BCUT2D eigenvalue weighted by Gasteiger charge is 2.44. The van der Waals surface area contributed by atoms with Gasteiger partial charge in [0, 0.05) is 24.7 Å². The fourth-order valence-electron chi connectivity index (χ4n) is 5.49. The van der Waals surface area contributed by atoms with Gasteiger partial charge in [-0.3, -0.25) is 14.9 Å². The van der Waals surface area contributed by atoms with Gasteiger partial charge in [-0.1, -0.05) is 49.3 Å². The highest BCUT2D eigenvalue weighted by Crippen LogP contribution is 2.39. The average molecular weight is 675 g/mol. The Bertz CT molecular complexity index is 2050. The minimum Gasteiger partial charge on any atom is -0.354 e. The van der Waals surface area contributed by atoms with Gasteiger partial charge < -0.3 is 14.7 Å². The van der Waals surface area contributed by atoms with Crippen molar-refractivity contribution in [3.8, 4) is 16.8 Å². The second-order valence-corrected chi connectivity index (χ2v) is 11.3. The molecule has 1 aliphatic heterocycles. The fourth-order valence-corrected chi connectivity index (χ4v) is 5.49. The topological polar surface area (TPSA) is 105 Å². The molecule has 16 heteroatoms. The van der Waals surface area contributed by atoms with Gasteiger partial charge in [0.05, 0.1) is 16.8 Å². The van der Waals surface area contributed by atoms with Gasteiger partial charge in [-0.25, -0.2) is 9.07 Å². The second-order valence-electron chi connectivity index (χ2n) is 11.3. The number of nitrogens with zero attached hydrogens (tertiary/aromatic N) is 4. The number of fused-ring (bicyclic) bond motifs is 2. The molecule has 250 valence electrons. The van der Waals surface area contributed by atoms with Crippen molar-refractivity contribution in [2.75, 3.05) is 16.8 Å². The van der Waals surface area contributed by atoms with Gasteiger partial charge in [-0.2, -0.15) is 31.4 Å². The third kappa shape index (κ3) is 6.10. The molecule has 1 aliphatic rings. The first-order valence-corrected chi connectivity index (χ1v) is 14.5. The monoisotopic (exact) mass is 674 g/mol. The molecule has 48 heavy (non-hydrogen) atoms.